The van der Waals surface area contributed by atoms with Crippen LogP contribution < -0.4 is 5.73 Å². The van der Waals surface area contributed by atoms with Gasteiger partial charge in [-0.2, -0.15) is 0 Å². The van der Waals surface area contributed by atoms with Gasteiger partial charge in [-0.05, 0) is 0 Å². The normalized spacial score (nSPS) is 9.20. The Morgan fingerprint density at radius 1 is 1.60 bits per heavy atom. The number of aliphatic carboxylic acids is 1. The zero-order chi connectivity index (χ0) is 7.98. The summed E-state index contributed by atoms with van der Waals surface area (Å²) in [6.07, 6.45) is 1.24. The zero-order valence-electron chi connectivity index (χ0n) is 5.24. The Kier molecular flexibility index (Phi) is 4.74. The second-order valence-electron chi connectivity index (χ2n) is 1.52. The summed E-state index contributed by atoms with van der Waals surface area (Å²) in [4.78, 5) is 19.9. The third-order valence-electron chi connectivity index (χ3n) is 0.628. The number of nitrogens with two attached hydrogens (primary N) is 1. The largest absolute Gasteiger partial charge is 0.481 e. The van der Waals surface area contributed by atoms with E-state index in [1.165, 1.54) is 6.42 Å². The molecule has 0 spiro atoms. The maximum Gasteiger partial charge on any atom is 0.313 e. The molecule has 1 amide bonds. The zero-order valence-corrected chi connectivity index (χ0v) is 6.06. The molecule has 0 saturated carbocycles. The molecule has 0 aliphatic heterocycles. The summed E-state index contributed by atoms with van der Waals surface area (Å²) in [5.41, 5.74) is 4.75. The van der Waals surface area contributed by atoms with Gasteiger partial charge in [-0.25, -0.2) is 0 Å². The molecule has 0 aliphatic carbocycles. The van der Waals surface area contributed by atoms with Crippen LogP contribution >= 0.6 is 11.8 Å². The van der Waals surface area contributed by atoms with Gasteiger partial charge in [0.25, 0.3) is 0 Å². The van der Waals surface area contributed by atoms with E-state index in [2.05, 4.69) is 0 Å². The first kappa shape index (κ1) is 9.29. The van der Waals surface area contributed by atoms with Gasteiger partial charge in [0.2, 0.25) is 5.91 Å². The first-order valence-corrected chi connectivity index (χ1v) is 3.70. The number of carboxylic acid groups (broad SMARTS) is 1. The molecule has 5 heteroatoms. The van der Waals surface area contributed by atoms with Crippen molar-refractivity contribution in [3.05, 3.63) is 6.42 Å². The lowest BCUT2D eigenvalue weighted by Crippen LogP contribution is -2.12. The van der Waals surface area contributed by atoms with Crippen molar-refractivity contribution in [2.75, 3.05) is 11.5 Å². The molecule has 0 atom stereocenters. The van der Waals surface area contributed by atoms with E-state index < -0.39 is 11.9 Å². The van der Waals surface area contributed by atoms with Gasteiger partial charge in [-0.1, -0.05) is 0 Å². The van der Waals surface area contributed by atoms with Crippen molar-refractivity contribution in [1.29, 1.82) is 0 Å². The van der Waals surface area contributed by atoms with Crippen LogP contribution in [0.2, 0.25) is 0 Å². The Morgan fingerprint density at radius 2 is 2.20 bits per heavy atom. The van der Waals surface area contributed by atoms with Crippen LogP contribution in [-0.2, 0) is 9.59 Å². The number of amides is 1. The third kappa shape index (κ3) is 7.29. The molecule has 0 aromatic heterocycles. The van der Waals surface area contributed by atoms with Crippen LogP contribution in [0.25, 0.3) is 0 Å². The topological polar surface area (TPSA) is 80.4 Å². The number of hydrogen-bond donors (Lipinski definition) is 2. The Morgan fingerprint density at radius 3 is 2.60 bits per heavy atom. The van der Waals surface area contributed by atoms with Crippen LogP contribution in [-0.4, -0.2) is 28.5 Å². The van der Waals surface area contributed by atoms with Crippen molar-refractivity contribution in [3.63, 3.8) is 0 Å². The molecule has 0 aliphatic rings. The molecule has 0 aromatic carbocycles. The van der Waals surface area contributed by atoms with Gasteiger partial charge in [0.1, 0.15) is 0 Å². The highest BCUT2D eigenvalue weighted by Crippen LogP contribution is 1.99. The molecular formula is C5H8NO3S. The first-order valence-electron chi connectivity index (χ1n) is 2.55. The molecule has 4 nitrogen and oxygen atoms in total. The molecule has 0 heterocycles. The van der Waals surface area contributed by atoms with Gasteiger partial charge in [0.15, 0.2) is 0 Å². The fourth-order valence-electron chi connectivity index (χ4n) is 0.287. The van der Waals surface area contributed by atoms with Gasteiger partial charge in [0, 0.05) is 5.75 Å². The molecule has 0 bridgehead atoms. The molecule has 0 unspecified atom stereocenters. The maximum absolute atomic E-state index is 10.0. The fourth-order valence-corrected chi connectivity index (χ4v) is 0.862. The van der Waals surface area contributed by atoms with Crippen LogP contribution in [0.5, 0.6) is 0 Å². The molecule has 1 radical (unpaired) electrons. The minimum atomic E-state index is -0.886. The number of carboxylic acids is 1. The minimum Gasteiger partial charge on any atom is -0.481 e. The van der Waals surface area contributed by atoms with E-state index in [1.807, 2.05) is 0 Å². The van der Waals surface area contributed by atoms with E-state index in [0.717, 1.165) is 11.8 Å². The molecule has 0 aromatic rings. The number of primary amides is 1. The number of hydrogen-bond acceptors (Lipinski definition) is 3. The Balaban J connectivity index is 3.06. The van der Waals surface area contributed by atoms with Gasteiger partial charge < -0.3 is 10.8 Å². The standard InChI is InChI=1S/C5H8NO3S/c6-4(7)1-2-10-3-5(8)9/h1H,2-3H2,(H2,6,7)(H,8,9). The number of rotatable bonds is 5. The predicted octanol–water partition coefficient (Wildman–Crippen LogP) is -0.506. The van der Waals surface area contributed by atoms with E-state index >= 15 is 0 Å². The Hall–Kier alpha value is -0.710. The second kappa shape index (κ2) is 5.10. The van der Waals surface area contributed by atoms with E-state index in [1.54, 1.807) is 0 Å². The number of thioether (sulfide) groups is 1. The lowest BCUT2D eigenvalue weighted by Gasteiger charge is -1.92. The lowest BCUT2D eigenvalue weighted by atomic mass is 10.5. The summed E-state index contributed by atoms with van der Waals surface area (Å²) in [6.45, 7) is 0. The summed E-state index contributed by atoms with van der Waals surface area (Å²) in [6, 6.07) is 0. The fraction of sp³-hybridized carbons (Fsp3) is 0.400. The van der Waals surface area contributed by atoms with Crippen molar-refractivity contribution < 1.29 is 14.7 Å². The summed E-state index contributed by atoms with van der Waals surface area (Å²) < 4.78 is 0. The van der Waals surface area contributed by atoms with Crippen LogP contribution in [0.3, 0.4) is 0 Å². The third-order valence-corrected chi connectivity index (χ3v) is 1.48. The quantitative estimate of drug-likeness (QED) is 0.534. The molecule has 57 valence electrons. The molecular weight excluding hydrogens is 154 g/mol. The average molecular weight is 162 g/mol. The van der Waals surface area contributed by atoms with E-state index in [9.17, 15) is 9.59 Å². The van der Waals surface area contributed by atoms with E-state index in [4.69, 9.17) is 10.8 Å². The smallest absolute Gasteiger partial charge is 0.313 e. The summed E-state index contributed by atoms with van der Waals surface area (Å²) in [5, 5.41) is 8.13. The van der Waals surface area contributed by atoms with Crippen molar-refractivity contribution in [1.82, 2.24) is 0 Å². The molecule has 0 saturated heterocycles. The lowest BCUT2D eigenvalue weighted by molar-refractivity contribution is -0.133. The van der Waals surface area contributed by atoms with E-state index in [-0.39, 0.29) is 5.75 Å². The number of carbonyl (C=O) groups excluding carboxylic acids is 1. The predicted molar refractivity (Wildman–Crippen MR) is 38.5 cm³/mol. The van der Waals surface area contributed by atoms with Crippen LogP contribution in [0, 0.1) is 6.42 Å². The van der Waals surface area contributed by atoms with Gasteiger partial charge in [0.05, 0.1) is 12.2 Å². The highest BCUT2D eigenvalue weighted by molar-refractivity contribution is 8.00. The SMILES string of the molecule is NC(=O)[CH]CSCC(=O)O. The molecule has 0 fully saturated rings. The monoisotopic (exact) mass is 162 g/mol. The van der Waals surface area contributed by atoms with Gasteiger partial charge in [-0.15, -0.1) is 11.8 Å². The Labute approximate surface area is 62.8 Å². The van der Waals surface area contributed by atoms with Crippen LogP contribution in [0.15, 0.2) is 0 Å². The van der Waals surface area contributed by atoms with Gasteiger partial charge in [-0.3, -0.25) is 9.59 Å². The summed E-state index contributed by atoms with van der Waals surface area (Å²) in [5.74, 6) is -1.04. The minimum absolute atomic E-state index is 0.00375. The van der Waals surface area contributed by atoms with Crippen molar-refractivity contribution >= 4 is 23.6 Å². The Bertz CT molecular complexity index is 121. The van der Waals surface area contributed by atoms with E-state index in [0.29, 0.717) is 5.75 Å². The van der Waals surface area contributed by atoms with Crippen LogP contribution in [0.1, 0.15) is 0 Å². The summed E-state index contributed by atoms with van der Waals surface area (Å²) in [7, 11) is 0. The van der Waals surface area contributed by atoms with Crippen molar-refractivity contribution in [2.24, 2.45) is 5.73 Å². The summed E-state index contributed by atoms with van der Waals surface area (Å²) >= 11 is 1.13. The second-order valence-corrected chi connectivity index (χ2v) is 2.55. The van der Waals surface area contributed by atoms with Crippen molar-refractivity contribution in [3.8, 4) is 0 Å². The highest BCUT2D eigenvalue weighted by Gasteiger charge is 1.98. The molecule has 10 heavy (non-hydrogen) atoms. The molecule has 3 N–H and O–H groups in total. The van der Waals surface area contributed by atoms with Crippen LogP contribution in [0.4, 0.5) is 0 Å². The molecule has 0 rings (SSSR count). The van der Waals surface area contributed by atoms with Gasteiger partial charge >= 0.3 is 5.97 Å². The average Bonchev–Trinajstić information content (AvgIpc) is 1.79. The van der Waals surface area contributed by atoms with Crippen molar-refractivity contribution in [2.45, 2.75) is 0 Å². The maximum atomic E-state index is 10.0. The first-order chi connectivity index (χ1) is 4.63. The highest BCUT2D eigenvalue weighted by atomic mass is 32.2. The number of carbonyl (C=O) groups is 2.